The number of ether oxygens (including phenoxy) is 2. The highest BCUT2D eigenvalue weighted by atomic mass is 19.1. The van der Waals surface area contributed by atoms with Crippen molar-refractivity contribution in [3.05, 3.63) is 30.1 Å². The van der Waals surface area contributed by atoms with Crippen LogP contribution in [0.4, 0.5) is 4.39 Å². The van der Waals surface area contributed by atoms with Crippen molar-refractivity contribution in [1.82, 2.24) is 0 Å². The lowest BCUT2D eigenvalue weighted by Gasteiger charge is -2.31. The van der Waals surface area contributed by atoms with Crippen LogP contribution < -0.4 is 4.74 Å². The van der Waals surface area contributed by atoms with Crippen molar-refractivity contribution >= 4 is 0 Å². The maximum absolute atomic E-state index is 13.2. The molecular formula is C12H15FO3. The highest BCUT2D eigenvalue weighted by Gasteiger charge is 2.30. The van der Waals surface area contributed by atoms with Crippen LogP contribution in [0.2, 0.25) is 0 Å². The molecular weight excluding hydrogens is 211 g/mol. The van der Waals surface area contributed by atoms with Gasteiger partial charge in [0.05, 0.1) is 0 Å². The Morgan fingerprint density at radius 2 is 2.00 bits per heavy atom. The fourth-order valence-corrected chi connectivity index (χ4v) is 1.67. The van der Waals surface area contributed by atoms with Crippen molar-refractivity contribution in [2.45, 2.75) is 18.4 Å². The molecule has 1 heterocycles. The van der Waals surface area contributed by atoms with E-state index in [2.05, 4.69) is 0 Å². The minimum atomic E-state index is -0.888. The van der Waals surface area contributed by atoms with Gasteiger partial charge in [0.15, 0.2) is 11.6 Å². The first kappa shape index (κ1) is 11.4. The van der Waals surface area contributed by atoms with Gasteiger partial charge in [0.25, 0.3) is 0 Å². The van der Waals surface area contributed by atoms with Gasteiger partial charge in [-0.2, -0.15) is 0 Å². The Bertz CT molecular complexity index is 348. The SMILES string of the molecule is OC1(COc2ccccc2F)CCOCC1. The van der Waals surface area contributed by atoms with E-state index in [4.69, 9.17) is 9.47 Å². The summed E-state index contributed by atoms with van der Waals surface area (Å²) in [7, 11) is 0. The van der Waals surface area contributed by atoms with Crippen molar-refractivity contribution in [3.63, 3.8) is 0 Å². The molecule has 1 fully saturated rings. The third kappa shape index (κ3) is 2.71. The number of rotatable bonds is 3. The summed E-state index contributed by atoms with van der Waals surface area (Å²) in [6.45, 7) is 1.16. The van der Waals surface area contributed by atoms with Gasteiger partial charge in [0.2, 0.25) is 0 Å². The Labute approximate surface area is 93.8 Å². The molecule has 0 bridgehead atoms. The molecule has 1 saturated heterocycles. The molecule has 88 valence electrons. The highest BCUT2D eigenvalue weighted by Crippen LogP contribution is 2.23. The molecule has 1 aliphatic rings. The molecule has 2 rings (SSSR count). The largest absolute Gasteiger partial charge is 0.488 e. The van der Waals surface area contributed by atoms with Crippen LogP contribution in [0.5, 0.6) is 5.75 Å². The van der Waals surface area contributed by atoms with Crippen LogP contribution in [0.15, 0.2) is 24.3 Å². The van der Waals surface area contributed by atoms with Gasteiger partial charge in [-0.1, -0.05) is 12.1 Å². The Morgan fingerprint density at radius 1 is 1.31 bits per heavy atom. The van der Waals surface area contributed by atoms with E-state index >= 15 is 0 Å². The maximum Gasteiger partial charge on any atom is 0.165 e. The lowest BCUT2D eigenvalue weighted by Crippen LogP contribution is -2.41. The predicted octanol–water partition coefficient (Wildman–Crippen LogP) is 1.75. The van der Waals surface area contributed by atoms with Gasteiger partial charge < -0.3 is 14.6 Å². The molecule has 0 aliphatic carbocycles. The van der Waals surface area contributed by atoms with Gasteiger partial charge in [-0.25, -0.2) is 4.39 Å². The second-order valence-corrected chi connectivity index (χ2v) is 4.06. The number of hydrogen-bond donors (Lipinski definition) is 1. The van der Waals surface area contributed by atoms with E-state index < -0.39 is 11.4 Å². The molecule has 1 aromatic rings. The molecule has 1 N–H and O–H groups in total. The Kier molecular flexibility index (Phi) is 3.41. The fourth-order valence-electron chi connectivity index (χ4n) is 1.67. The normalized spacial score (nSPS) is 19.4. The van der Waals surface area contributed by atoms with Crippen LogP contribution in [0.3, 0.4) is 0 Å². The smallest absolute Gasteiger partial charge is 0.165 e. The molecule has 0 aromatic heterocycles. The van der Waals surface area contributed by atoms with Crippen molar-refractivity contribution in [2.24, 2.45) is 0 Å². The monoisotopic (exact) mass is 226 g/mol. The van der Waals surface area contributed by atoms with Crippen LogP contribution in [0, 0.1) is 5.82 Å². The molecule has 3 nitrogen and oxygen atoms in total. The number of hydrogen-bond acceptors (Lipinski definition) is 3. The average molecular weight is 226 g/mol. The zero-order chi connectivity index (χ0) is 11.4. The molecule has 1 aliphatic heterocycles. The minimum Gasteiger partial charge on any atom is -0.488 e. The first-order valence-electron chi connectivity index (χ1n) is 5.37. The van der Waals surface area contributed by atoms with E-state index in [1.807, 2.05) is 0 Å². The zero-order valence-electron chi connectivity index (χ0n) is 8.99. The molecule has 0 amide bonds. The van der Waals surface area contributed by atoms with Crippen LogP contribution in [-0.4, -0.2) is 30.5 Å². The van der Waals surface area contributed by atoms with Crippen LogP contribution in [0.1, 0.15) is 12.8 Å². The number of halogens is 1. The van der Waals surface area contributed by atoms with E-state index in [0.29, 0.717) is 26.1 Å². The van der Waals surface area contributed by atoms with Crippen LogP contribution in [0.25, 0.3) is 0 Å². The van der Waals surface area contributed by atoms with Gasteiger partial charge in [-0.05, 0) is 12.1 Å². The van der Waals surface area contributed by atoms with E-state index in [1.165, 1.54) is 6.07 Å². The summed E-state index contributed by atoms with van der Waals surface area (Å²) in [6.07, 6.45) is 1.06. The Balaban J connectivity index is 1.94. The third-order valence-electron chi connectivity index (χ3n) is 2.76. The minimum absolute atomic E-state index is 0.108. The topological polar surface area (TPSA) is 38.7 Å². The van der Waals surface area contributed by atoms with Gasteiger partial charge in [0.1, 0.15) is 12.2 Å². The van der Waals surface area contributed by atoms with Gasteiger partial charge in [-0.3, -0.25) is 0 Å². The summed E-state index contributed by atoms with van der Waals surface area (Å²) in [5.74, 6) is -0.222. The number of para-hydroxylation sites is 1. The first-order valence-corrected chi connectivity index (χ1v) is 5.37. The molecule has 0 spiro atoms. The standard InChI is InChI=1S/C12H15FO3/c13-10-3-1-2-4-11(10)16-9-12(14)5-7-15-8-6-12/h1-4,14H,5-9H2. The summed E-state index contributed by atoms with van der Waals surface area (Å²) >= 11 is 0. The van der Waals surface area contributed by atoms with Crippen LogP contribution >= 0.6 is 0 Å². The summed E-state index contributed by atoms with van der Waals surface area (Å²) in [6, 6.07) is 6.19. The molecule has 4 heteroatoms. The Morgan fingerprint density at radius 3 is 2.69 bits per heavy atom. The van der Waals surface area contributed by atoms with E-state index in [0.717, 1.165) is 0 Å². The second-order valence-electron chi connectivity index (χ2n) is 4.06. The fraction of sp³-hybridized carbons (Fsp3) is 0.500. The summed E-state index contributed by atoms with van der Waals surface area (Å²) in [5, 5.41) is 10.1. The second kappa shape index (κ2) is 4.80. The van der Waals surface area contributed by atoms with Crippen molar-refractivity contribution in [3.8, 4) is 5.75 Å². The molecule has 16 heavy (non-hydrogen) atoms. The number of aliphatic hydroxyl groups is 1. The van der Waals surface area contributed by atoms with Crippen molar-refractivity contribution in [1.29, 1.82) is 0 Å². The number of benzene rings is 1. The van der Waals surface area contributed by atoms with Gasteiger partial charge >= 0.3 is 0 Å². The molecule has 0 unspecified atom stereocenters. The molecule has 0 atom stereocenters. The van der Waals surface area contributed by atoms with E-state index in [-0.39, 0.29) is 12.4 Å². The van der Waals surface area contributed by atoms with E-state index in [1.54, 1.807) is 18.2 Å². The Hall–Kier alpha value is -1.13. The molecule has 1 aromatic carbocycles. The van der Waals surface area contributed by atoms with Crippen LogP contribution in [-0.2, 0) is 4.74 Å². The van der Waals surface area contributed by atoms with Crippen molar-refractivity contribution in [2.75, 3.05) is 19.8 Å². The third-order valence-corrected chi connectivity index (χ3v) is 2.76. The van der Waals surface area contributed by atoms with Crippen molar-refractivity contribution < 1.29 is 19.0 Å². The maximum atomic E-state index is 13.2. The lowest BCUT2D eigenvalue weighted by molar-refractivity contribution is -0.0860. The van der Waals surface area contributed by atoms with E-state index in [9.17, 15) is 9.50 Å². The summed E-state index contributed by atoms with van der Waals surface area (Å²) in [4.78, 5) is 0. The molecule has 0 saturated carbocycles. The quantitative estimate of drug-likeness (QED) is 0.853. The molecule has 0 radical (unpaired) electrons. The zero-order valence-corrected chi connectivity index (χ0v) is 8.99. The van der Waals surface area contributed by atoms with Gasteiger partial charge in [-0.15, -0.1) is 0 Å². The average Bonchev–Trinajstić information content (AvgIpc) is 2.29. The summed E-state index contributed by atoms with van der Waals surface area (Å²) in [5.41, 5.74) is -0.888. The summed E-state index contributed by atoms with van der Waals surface area (Å²) < 4.78 is 23.7. The highest BCUT2D eigenvalue weighted by molar-refractivity contribution is 5.23. The predicted molar refractivity (Wildman–Crippen MR) is 56.9 cm³/mol. The lowest BCUT2D eigenvalue weighted by atomic mass is 9.96. The first-order chi connectivity index (χ1) is 7.70. The van der Waals surface area contributed by atoms with Gasteiger partial charge in [0, 0.05) is 26.1 Å².